The minimum Gasteiger partial charge on any atom is -0.372 e. The Balaban J connectivity index is 2.65. The van der Waals surface area contributed by atoms with Crippen LogP contribution in [0.2, 0.25) is 0 Å². The Hall–Kier alpha value is -0.970. The van der Waals surface area contributed by atoms with Crippen molar-refractivity contribution < 1.29 is 0 Å². The first kappa shape index (κ1) is 14.1. The standard InChI is InChI=1S/C12H22N4S/c1-5-12(6-2,17-4)9-15-11-8-14-7-10(13-3)16-11/h7-8H,5-6,9H2,1-4H3,(H2,13,15,16). The lowest BCUT2D eigenvalue weighted by molar-refractivity contribution is 0.574. The fraction of sp³-hybridized carbons (Fsp3) is 0.667. The van der Waals surface area contributed by atoms with Crippen LogP contribution < -0.4 is 10.6 Å². The molecule has 2 N–H and O–H groups in total. The smallest absolute Gasteiger partial charge is 0.147 e. The molecule has 0 spiro atoms. The lowest BCUT2D eigenvalue weighted by Crippen LogP contribution is -2.32. The Morgan fingerprint density at radius 1 is 1.24 bits per heavy atom. The van der Waals surface area contributed by atoms with Crippen LogP contribution in [0.3, 0.4) is 0 Å². The summed E-state index contributed by atoms with van der Waals surface area (Å²) in [7, 11) is 1.85. The molecule has 0 bridgehead atoms. The number of thioether (sulfide) groups is 1. The van der Waals surface area contributed by atoms with Crippen LogP contribution >= 0.6 is 11.8 Å². The summed E-state index contributed by atoms with van der Waals surface area (Å²) in [5.41, 5.74) is 0. The maximum atomic E-state index is 4.40. The maximum absolute atomic E-state index is 4.40. The van der Waals surface area contributed by atoms with Crippen LogP contribution in [0.1, 0.15) is 26.7 Å². The Bertz CT molecular complexity index is 331. The normalized spacial score (nSPS) is 11.3. The summed E-state index contributed by atoms with van der Waals surface area (Å²) < 4.78 is 0.289. The van der Waals surface area contributed by atoms with Gasteiger partial charge in [-0.2, -0.15) is 11.8 Å². The predicted octanol–water partition coefficient (Wildman–Crippen LogP) is 2.85. The second kappa shape index (κ2) is 6.69. The van der Waals surface area contributed by atoms with Crippen molar-refractivity contribution >= 4 is 23.4 Å². The molecular weight excluding hydrogens is 232 g/mol. The number of nitrogens with zero attached hydrogens (tertiary/aromatic N) is 2. The molecule has 17 heavy (non-hydrogen) atoms. The molecule has 0 aromatic carbocycles. The molecule has 1 aromatic rings. The maximum Gasteiger partial charge on any atom is 0.147 e. The molecular formula is C12H22N4S. The van der Waals surface area contributed by atoms with Crippen LogP contribution in [0.4, 0.5) is 11.6 Å². The van der Waals surface area contributed by atoms with Gasteiger partial charge in [-0.15, -0.1) is 0 Å². The van der Waals surface area contributed by atoms with Gasteiger partial charge in [0.15, 0.2) is 0 Å². The van der Waals surface area contributed by atoms with E-state index in [-0.39, 0.29) is 4.75 Å². The van der Waals surface area contributed by atoms with Gasteiger partial charge in [-0.3, -0.25) is 4.98 Å². The van der Waals surface area contributed by atoms with Crippen LogP contribution in [-0.4, -0.2) is 34.6 Å². The van der Waals surface area contributed by atoms with Gasteiger partial charge in [-0.1, -0.05) is 13.8 Å². The molecule has 0 unspecified atom stereocenters. The summed E-state index contributed by atoms with van der Waals surface area (Å²) in [6.45, 7) is 5.39. The van der Waals surface area contributed by atoms with E-state index in [2.05, 4.69) is 40.7 Å². The SMILES string of the molecule is CCC(CC)(CNc1cncc(NC)n1)SC. The second-order valence-corrected chi connectivity index (χ2v) is 5.26. The number of aromatic nitrogens is 2. The molecule has 96 valence electrons. The van der Waals surface area contributed by atoms with Gasteiger partial charge in [-0.25, -0.2) is 4.98 Å². The van der Waals surface area contributed by atoms with E-state index in [9.17, 15) is 0 Å². The average molecular weight is 254 g/mol. The fourth-order valence-corrected chi connectivity index (χ4v) is 2.48. The highest BCUT2D eigenvalue weighted by atomic mass is 32.2. The lowest BCUT2D eigenvalue weighted by atomic mass is 10.0. The third kappa shape index (κ3) is 3.77. The first-order valence-electron chi connectivity index (χ1n) is 5.98. The van der Waals surface area contributed by atoms with Crippen LogP contribution in [0.5, 0.6) is 0 Å². The highest BCUT2D eigenvalue weighted by Gasteiger charge is 2.24. The van der Waals surface area contributed by atoms with Crippen molar-refractivity contribution in [3.8, 4) is 0 Å². The highest BCUT2D eigenvalue weighted by molar-refractivity contribution is 8.00. The van der Waals surface area contributed by atoms with Gasteiger partial charge in [0.2, 0.25) is 0 Å². The number of anilines is 2. The molecule has 0 radical (unpaired) electrons. The molecule has 0 aliphatic heterocycles. The van der Waals surface area contributed by atoms with E-state index in [1.807, 2.05) is 18.8 Å². The van der Waals surface area contributed by atoms with Gasteiger partial charge >= 0.3 is 0 Å². The molecule has 0 saturated heterocycles. The van der Waals surface area contributed by atoms with E-state index < -0.39 is 0 Å². The van der Waals surface area contributed by atoms with Crippen molar-refractivity contribution in [2.45, 2.75) is 31.4 Å². The summed E-state index contributed by atoms with van der Waals surface area (Å²) in [5.74, 6) is 1.62. The number of rotatable bonds is 7. The molecule has 4 nitrogen and oxygen atoms in total. The summed E-state index contributed by atoms with van der Waals surface area (Å²) in [4.78, 5) is 8.54. The zero-order valence-electron chi connectivity index (χ0n) is 11.1. The lowest BCUT2D eigenvalue weighted by Gasteiger charge is -2.30. The minimum atomic E-state index is 0.289. The van der Waals surface area contributed by atoms with E-state index in [1.54, 1.807) is 12.4 Å². The van der Waals surface area contributed by atoms with Crippen LogP contribution in [-0.2, 0) is 0 Å². The number of hydrogen-bond acceptors (Lipinski definition) is 5. The predicted molar refractivity (Wildman–Crippen MR) is 76.9 cm³/mol. The Morgan fingerprint density at radius 3 is 2.41 bits per heavy atom. The quantitative estimate of drug-likeness (QED) is 0.783. The van der Waals surface area contributed by atoms with Gasteiger partial charge < -0.3 is 10.6 Å². The molecule has 0 saturated carbocycles. The van der Waals surface area contributed by atoms with Crippen LogP contribution in [0.15, 0.2) is 12.4 Å². The molecule has 5 heteroatoms. The third-order valence-corrected chi connectivity index (χ3v) is 4.79. The summed E-state index contributed by atoms with van der Waals surface area (Å²) in [6.07, 6.45) is 7.95. The average Bonchev–Trinajstić information content (AvgIpc) is 2.41. The molecule has 0 fully saturated rings. The fourth-order valence-electron chi connectivity index (χ4n) is 1.68. The van der Waals surface area contributed by atoms with E-state index >= 15 is 0 Å². The van der Waals surface area contributed by atoms with Gasteiger partial charge in [0, 0.05) is 18.3 Å². The minimum absolute atomic E-state index is 0.289. The Morgan fingerprint density at radius 2 is 1.88 bits per heavy atom. The van der Waals surface area contributed by atoms with Gasteiger partial charge in [-0.05, 0) is 19.1 Å². The molecule has 0 atom stereocenters. The first-order chi connectivity index (χ1) is 8.19. The molecule has 1 rings (SSSR count). The summed E-state index contributed by atoms with van der Waals surface area (Å²) in [5, 5.41) is 6.37. The molecule has 1 aromatic heterocycles. The van der Waals surface area contributed by atoms with Crippen molar-refractivity contribution in [2.24, 2.45) is 0 Å². The highest BCUT2D eigenvalue weighted by Crippen LogP contribution is 2.30. The molecule has 0 aliphatic carbocycles. The van der Waals surface area contributed by atoms with Gasteiger partial charge in [0.05, 0.1) is 12.4 Å². The second-order valence-electron chi connectivity index (χ2n) is 3.99. The number of hydrogen-bond donors (Lipinski definition) is 2. The zero-order valence-corrected chi connectivity index (χ0v) is 11.9. The first-order valence-corrected chi connectivity index (χ1v) is 7.21. The van der Waals surface area contributed by atoms with Crippen LogP contribution in [0.25, 0.3) is 0 Å². The van der Waals surface area contributed by atoms with Crippen molar-refractivity contribution in [3.63, 3.8) is 0 Å². The van der Waals surface area contributed by atoms with Crippen LogP contribution in [0, 0.1) is 0 Å². The van der Waals surface area contributed by atoms with Gasteiger partial charge in [0.1, 0.15) is 11.6 Å². The van der Waals surface area contributed by atoms with Crippen molar-refractivity contribution in [1.29, 1.82) is 0 Å². The van der Waals surface area contributed by atoms with E-state index in [1.165, 1.54) is 0 Å². The topological polar surface area (TPSA) is 49.8 Å². The summed E-state index contributed by atoms with van der Waals surface area (Å²) >= 11 is 1.92. The molecule has 1 heterocycles. The van der Waals surface area contributed by atoms with E-state index in [0.29, 0.717) is 0 Å². The third-order valence-electron chi connectivity index (χ3n) is 3.20. The van der Waals surface area contributed by atoms with E-state index in [0.717, 1.165) is 31.0 Å². The zero-order chi connectivity index (χ0) is 12.7. The van der Waals surface area contributed by atoms with Crippen molar-refractivity contribution in [3.05, 3.63) is 12.4 Å². The number of nitrogens with one attached hydrogen (secondary N) is 2. The van der Waals surface area contributed by atoms with Crippen molar-refractivity contribution in [1.82, 2.24) is 9.97 Å². The largest absolute Gasteiger partial charge is 0.372 e. The molecule has 0 amide bonds. The molecule has 0 aliphatic rings. The van der Waals surface area contributed by atoms with Crippen molar-refractivity contribution in [2.75, 3.05) is 30.5 Å². The Kier molecular flexibility index (Phi) is 5.55. The monoisotopic (exact) mass is 254 g/mol. The van der Waals surface area contributed by atoms with E-state index in [4.69, 9.17) is 0 Å². The summed E-state index contributed by atoms with van der Waals surface area (Å²) in [6, 6.07) is 0. The van der Waals surface area contributed by atoms with Gasteiger partial charge in [0.25, 0.3) is 0 Å². The Labute approximate surface area is 108 Å².